The third-order valence-corrected chi connectivity index (χ3v) is 4.94. The first-order chi connectivity index (χ1) is 12.7. The van der Waals surface area contributed by atoms with Gasteiger partial charge in [-0.2, -0.15) is 0 Å². The molecule has 0 radical (unpaired) electrons. The van der Waals surface area contributed by atoms with Gasteiger partial charge in [0.05, 0.1) is 6.54 Å². The first kappa shape index (κ1) is 18.7. The lowest BCUT2D eigenvalue weighted by Gasteiger charge is -2.31. The Balaban J connectivity index is 1.32. The number of amides is 1. The van der Waals surface area contributed by atoms with Gasteiger partial charge in [0.2, 0.25) is 5.91 Å². The molecule has 26 heavy (non-hydrogen) atoms. The van der Waals surface area contributed by atoms with Gasteiger partial charge < -0.3 is 10.1 Å². The van der Waals surface area contributed by atoms with E-state index in [1.54, 1.807) is 12.1 Å². The summed E-state index contributed by atoms with van der Waals surface area (Å²) in [6.45, 7) is 3.87. The molecule has 1 aliphatic rings. The summed E-state index contributed by atoms with van der Waals surface area (Å²) in [5, 5.41) is 3.67. The Bertz CT molecular complexity index is 683. The minimum Gasteiger partial charge on any atom is -0.492 e. The molecule has 2 aromatic carbocycles. The van der Waals surface area contributed by atoms with E-state index in [1.807, 2.05) is 18.2 Å². The van der Waals surface area contributed by atoms with E-state index in [-0.39, 0.29) is 11.8 Å². The van der Waals surface area contributed by atoms with Gasteiger partial charge in [-0.15, -0.1) is 0 Å². The average Bonchev–Trinajstić information content (AvgIpc) is 2.68. The molecule has 4 nitrogen and oxygen atoms in total. The first-order valence-electron chi connectivity index (χ1n) is 9.13. The lowest BCUT2D eigenvalue weighted by Crippen LogP contribution is -2.41. The van der Waals surface area contributed by atoms with Gasteiger partial charge in [-0.05, 0) is 55.8 Å². The van der Waals surface area contributed by atoms with Crippen molar-refractivity contribution in [2.75, 3.05) is 26.2 Å². The van der Waals surface area contributed by atoms with Crippen LogP contribution in [0.5, 0.6) is 5.75 Å². The number of rotatable bonds is 7. The molecule has 5 heteroatoms. The second-order valence-electron chi connectivity index (χ2n) is 6.63. The summed E-state index contributed by atoms with van der Waals surface area (Å²) in [6, 6.07) is 17.7. The number of hydrogen-bond donors (Lipinski definition) is 1. The fraction of sp³-hybridized carbons (Fsp3) is 0.381. The van der Waals surface area contributed by atoms with Crippen molar-refractivity contribution in [3.63, 3.8) is 0 Å². The van der Waals surface area contributed by atoms with Gasteiger partial charge in [-0.1, -0.05) is 41.9 Å². The molecule has 1 fully saturated rings. The highest BCUT2D eigenvalue weighted by Gasteiger charge is 2.24. The third kappa shape index (κ3) is 5.75. The van der Waals surface area contributed by atoms with E-state index in [2.05, 4.69) is 34.5 Å². The number of benzene rings is 2. The summed E-state index contributed by atoms with van der Waals surface area (Å²) in [4.78, 5) is 14.7. The standard InChI is InChI=1S/C21H25ClN2O2/c22-19-6-8-20(9-7-19)26-15-12-23-21(25)18-10-13-24(14-11-18)16-17-4-2-1-3-5-17/h1-9,18H,10-16H2,(H,23,25). The van der Waals surface area contributed by atoms with E-state index in [9.17, 15) is 4.79 Å². The normalized spacial score (nSPS) is 15.6. The van der Waals surface area contributed by atoms with Crippen LogP contribution in [0.1, 0.15) is 18.4 Å². The van der Waals surface area contributed by atoms with Crippen LogP contribution in [-0.2, 0) is 11.3 Å². The zero-order chi connectivity index (χ0) is 18.2. The Labute approximate surface area is 160 Å². The highest BCUT2D eigenvalue weighted by molar-refractivity contribution is 6.30. The van der Waals surface area contributed by atoms with Crippen LogP contribution < -0.4 is 10.1 Å². The van der Waals surface area contributed by atoms with Crippen LogP contribution >= 0.6 is 11.6 Å². The molecular weight excluding hydrogens is 348 g/mol. The number of carbonyl (C=O) groups is 1. The molecule has 0 aliphatic carbocycles. The number of hydrogen-bond acceptors (Lipinski definition) is 3. The molecule has 0 unspecified atom stereocenters. The number of halogens is 1. The van der Waals surface area contributed by atoms with E-state index in [1.165, 1.54) is 5.56 Å². The molecule has 1 aliphatic heterocycles. The van der Waals surface area contributed by atoms with Crippen molar-refractivity contribution in [2.24, 2.45) is 5.92 Å². The highest BCUT2D eigenvalue weighted by Crippen LogP contribution is 2.19. The van der Waals surface area contributed by atoms with Crippen LogP contribution in [0.4, 0.5) is 0 Å². The Morgan fingerprint density at radius 3 is 2.46 bits per heavy atom. The number of piperidine rings is 1. The molecule has 0 bridgehead atoms. The van der Waals surface area contributed by atoms with Crippen molar-refractivity contribution < 1.29 is 9.53 Å². The van der Waals surface area contributed by atoms with E-state index in [4.69, 9.17) is 16.3 Å². The van der Waals surface area contributed by atoms with Gasteiger partial charge in [0.1, 0.15) is 12.4 Å². The second-order valence-corrected chi connectivity index (χ2v) is 7.07. The van der Waals surface area contributed by atoms with Crippen molar-refractivity contribution in [3.05, 3.63) is 65.2 Å². The minimum atomic E-state index is 0.109. The van der Waals surface area contributed by atoms with E-state index >= 15 is 0 Å². The zero-order valence-electron chi connectivity index (χ0n) is 14.9. The first-order valence-corrected chi connectivity index (χ1v) is 9.51. The monoisotopic (exact) mass is 372 g/mol. The smallest absolute Gasteiger partial charge is 0.223 e. The van der Waals surface area contributed by atoms with Gasteiger partial charge in [0.25, 0.3) is 0 Å². The van der Waals surface area contributed by atoms with Crippen molar-refractivity contribution in [3.8, 4) is 5.75 Å². The largest absolute Gasteiger partial charge is 0.492 e. The molecular formula is C21H25ClN2O2. The summed E-state index contributed by atoms with van der Waals surface area (Å²) in [7, 11) is 0. The second kappa shape index (κ2) is 9.60. The van der Waals surface area contributed by atoms with Crippen LogP contribution in [0.3, 0.4) is 0 Å². The van der Waals surface area contributed by atoms with Crippen molar-refractivity contribution in [1.29, 1.82) is 0 Å². The van der Waals surface area contributed by atoms with Crippen molar-refractivity contribution >= 4 is 17.5 Å². The van der Waals surface area contributed by atoms with Gasteiger partial charge in [-0.3, -0.25) is 9.69 Å². The predicted octanol–water partition coefficient (Wildman–Crippen LogP) is 3.75. The van der Waals surface area contributed by atoms with Crippen LogP contribution in [0.25, 0.3) is 0 Å². The molecule has 1 amide bonds. The maximum absolute atomic E-state index is 12.3. The summed E-state index contributed by atoms with van der Waals surface area (Å²) >= 11 is 5.84. The molecule has 0 aromatic heterocycles. The number of nitrogens with zero attached hydrogens (tertiary/aromatic N) is 1. The molecule has 0 spiro atoms. The summed E-state index contributed by atoms with van der Waals surface area (Å²) in [5.41, 5.74) is 1.33. The molecule has 0 atom stereocenters. The van der Waals surface area contributed by atoms with Crippen molar-refractivity contribution in [1.82, 2.24) is 10.2 Å². The maximum Gasteiger partial charge on any atom is 0.223 e. The molecule has 1 heterocycles. The SMILES string of the molecule is O=C(NCCOc1ccc(Cl)cc1)C1CCN(Cc2ccccc2)CC1. The number of likely N-dealkylation sites (tertiary alicyclic amines) is 1. The molecule has 1 N–H and O–H groups in total. The lowest BCUT2D eigenvalue weighted by molar-refractivity contribution is -0.126. The summed E-state index contributed by atoms with van der Waals surface area (Å²) in [5.74, 6) is 1.01. The van der Waals surface area contributed by atoms with Crippen LogP contribution in [0.15, 0.2) is 54.6 Å². The summed E-state index contributed by atoms with van der Waals surface area (Å²) < 4.78 is 5.60. The van der Waals surface area contributed by atoms with Crippen LogP contribution in [0.2, 0.25) is 5.02 Å². The fourth-order valence-corrected chi connectivity index (χ4v) is 3.34. The minimum absolute atomic E-state index is 0.109. The quantitative estimate of drug-likeness (QED) is 0.752. The Kier molecular flexibility index (Phi) is 6.92. The molecule has 1 saturated heterocycles. The van der Waals surface area contributed by atoms with Crippen LogP contribution in [-0.4, -0.2) is 37.0 Å². The topological polar surface area (TPSA) is 41.6 Å². The fourth-order valence-electron chi connectivity index (χ4n) is 3.21. The Hall–Kier alpha value is -2.04. The zero-order valence-corrected chi connectivity index (χ0v) is 15.6. The highest BCUT2D eigenvalue weighted by atomic mass is 35.5. The molecule has 2 aromatic rings. The number of nitrogens with one attached hydrogen (secondary N) is 1. The number of ether oxygens (including phenoxy) is 1. The predicted molar refractivity (Wildman–Crippen MR) is 104 cm³/mol. The van der Waals surface area contributed by atoms with Gasteiger partial charge in [0, 0.05) is 17.5 Å². The van der Waals surface area contributed by atoms with Crippen molar-refractivity contribution in [2.45, 2.75) is 19.4 Å². The summed E-state index contributed by atoms with van der Waals surface area (Å²) in [6.07, 6.45) is 1.83. The van der Waals surface area contributed by atoms with E-state index in [0.29, 0.717) is 18.2 Å². The van der Waals surface area contributed by atoms with Gasteiger partial charge in [0.15, 0.2) is 0 Å². The third-order valence-electron chi connectivity index (χ3n) is 4.69. The Morgan fingerprint density at radius 2 is 1.77 bits per heavy atom. The van der Waals surface area contributed by atoms with Crippen LogP contribution in [0, 0.1) is 5.92 Å². The number of carbonyl (C=O) groups excluding carboxylic acids is 1. The van der Waals surface area contributed by atoms with Gasteiger partial charge >= 0.3 is 0 Å². The Morgan fingerprint density at radius 1 is 1.08 bits per heavy atom. The van der Waals surface area contributed by atoms with Gasteiger partial charge in [-0.25, -0.2) is 0 Å². The maximum atomic E-state index is 12.3. The molecule has 3 rings (SSSR count). The van der Waals surface area contributed by atoms with E-state index in [0.717, 1.165) is 38.2 Å². The molecule has 138 valence electrons. The molecule has 0 saturated carbocycles. The van der Waals surface area contributed by atoms with E-state index < -0.39 is 0 Å². The average molecular weight is 373 g/mol. The lowest BCUT2D eigenvalue weighted by atomic mass is 9.95.